The van der Waals surface area contributed by atoms with Crippen LogP contribution in [0.4, 0.5) is 5.69 Å². The van der Waals surface area contributed by atoms with Crippen LogP contribution in [0.5, 0.6) is 0 Å². The molecule has 7 heteroatoms. The molecule has 4 rings (SSSR count). The topological polar surface area (TPSA) is 54.7 Å². The van der Waals surface area contributed by atoms with E-state index in [0.29, 0.717) is 16.3 Å². The van der Waals surface area contributed by atoms with Gasteiger partial charge in [0.05, 0.1) is 29.0 Å². The number of rotatable bonds is 5. The SMILES string of the molecule is Cc1ccc(Cl)cc1S(=O)(=O)N(Cc1cnc2ccccn12)c1ccccc1. The van der Waals surface area contributed by atoms with E-state index in [9.17, 15) is 8.42 Å². The van der Waals surface area contributed by atoms with Crippen molar-refractivity contribution in [3.63, 3.8) is 0 Å². The summed E-state index contributed by atoms with van der Waals surface area (Å²) in [6, 6.07) is 19.6. The van der Waals surface area contributed by atoms with E-state index in [1.165, 1.54) is 10.4 Å². The van der Waals surface area contributed by atoms with Gasteiger partial charge in [-0.2, -0.15) is 0 Å². The van der Waals surface area contributed by atoms with Crippen LogP contribution < -0.4 is 4.31 Å². The van der Waals surface area contributed by atoms with E-state index < -0.39 is 10.0 Å². The number of para-hydroxylation sites is 1. The summed E-state index contributed by atoms with van der Waals surface area (Å²) in [4.78, 5) is 4.56. The van der Waals surface area contributed by atoms with Crippen molar-refractivity contribution >= 4 is 33.0 Å². The number of pyridine rings is 1. The first-order valence-electron chi connectivity index (χ1n) is 8.72. The number of nitrogens with zero attached hydrogens (tertiary/aromatic N) is 3. The van der Waals surface area contributed by atoms with Crippen LogP contribution in [0.1, 0.15) is 11.3 Å². The molecule has 0 aliphatic heterocycles. The molecule has 0 atom stereocenters. The number of aryl methyl sites for hydroxylation is 1. The lowest BCUT2D eigenvalue weighted by molar-refractivity contribution is 0.589. The molecule has 28 heavy (non-hydrogen) atoms. The van der Waals surface area contributed by atoms with Gasteiger partial charge in [0.15, 0.2) is 0 Å². The van der Waals surface area contributed by atoms with E-state index in [0.717, 1.165) is 11.3 Å². The number of sulfonamides is 1. The Morgan fingerprint density at radius 1 is 1.04 bits per heavy atom. The van der Waals surface area contributed by atoms with Crippen molar-refractivity contribution < 1.29 is 8.42 Å². The molecule has 0 amide bonds. The second-order valence-electron chi connectivity index (χ2n) is 6.44. The minimum absolute atomic E-state index is 0.142. The molecule has 0 aliphatic rings. The van der Waals surface area contributed by atoms with Gasteiger partial charge in [-0.25, -0.2) is 13.4 Å². The Hall–Kier alpha value is -2.83. The van der Waals surface area contributed by atoms with Gasteiger partial charge < -0.3 is 4.40 Å². The van der Waals surface area contributed by atoms with Crippen LogP contribution in [0.25, 0.3) is 5.65 Å². The van der Waals surface area contributed by atoms with Crippen LogP contribution in [0.2, 0.25) is 5.02 Å². The van der Waals surface area contributed by atoms with Crippen molar-refractivity contribution in [1.82, 2.24) is 9.38 Å². The van der Waals surface area contributed by atoms with Crippen LogP contribution in [0.15, 0.2) is 84.0 Å². The molecule has 0 saturated heterocycles. The quantitative estimate of drug-likeness (QED) is 0.478. The van der Waals surface area contributed by atoms with E-state index in [1.54, 1.807) is 37.4 Å². The van der Waals surface area contributed by atoms with Crippen molar-refractivity contribution in [2.24, 2.45) is 0 Å². The fraction of sp³-hybridized carbons (Fsp3) is 0.0952. The third-order valence-corrected chi connectivity index (χ3v) is 6.71. The first-order valence-corrected chi connectivity index (χ1v) is 10.5. The summed E-state index contributed by atoms with van der Waals surface area (Å²) in [6.07, 6.45) is 3.57. The van der Waals surface area contributed by atoms with Gasteiger partial charge in [-0.05, 0) is 48.9 Å². The molecule has 0 spiro atoms. The Morgan fingerprint density at radius 3 is 2.57 bits per heavy atom. The van der Waals surface area contributed by atoms with Crippen molar-refractivity contribution in [2.45, 2.75) is 18.4 Å². The summed E-state index contributed by atoms with van der Waals surface area (Å²) in [5, 5.41) is 0.381. The first-order chi connectivity index (χ1) is 13.5. The number of imidazole rings is 1. The van der Waals surface area contributed by atoms with Crippen molar-refractivity contribution in [2.75, 3.05) is 4.31 Å². The lowest BCUT2D eigenvalue weighted by Crippen LogP contribution is -2.31. The second kappa shape index (κ2) is 7.30. The predicted molar refractivity (Wildman–Crippen MR) is 111 cm³/mol. The average molecular weight is 412 g/mol. The van der Waals surface area contributed by atoms with E-state index in [-0.39, 0.29) is 11.4 Å². The van der Waals surface area contributed by atoms with Crippen LogP contribution in [-0.4, -0.2) is 17.8 Å². The molecule has 5 nitrogen and oxygen atoms in total. The number of fused-ring (bicyclic) bond motifs is 1. The molecular formula is C21H18ClN3O2S. The third-order valence-electron chi connectivity index (χ3n) is 4.56. The zero-order valence-electron chi connectivity index (χ0n) is 15.2. The molecule has 2 aromatic heterocycles. The summed E-state index contributed by atoms with van der Waals surface area (Å²) in [6.45, 7) is 1.91. The Bertz CT molecular complexity index is 1240. The molecule has 2 heterocycles. The molecular weight excluding hydrogens is 394 g/mol. The second-order valence-corrected chi connectivity index (χ2v) is 8.70. The normalized spacial score (nSPS) is 11.6. The Kier molecular flexibility index (Phi) is 4.83. The molecule has 0 aliphatic carbocycles. The molecule has 142 valence electrons. The molecule has 0 bridgehead atoms. The number of benzene rings is 2. The van der Waals surface area contributed by atoms with Crippen LogP contribution in [-0.2, 0) is 16.6 Å². The Balaban J connectivity index is 1.86. The maximum Gasteiger partial charge on any atom is 0.264 e. The predicted octanol–water partition coefficient (Wildman–Crippen LogP) is 4.69. The van der Waals surface area contributed by atoms with Crippen LogP contribution >= 0.6 is 11.6 Å². The smallest absolute Gasteiger partial charge is 0.264 e. The number of anilines is 1. The fourth-order valence-electron chi connectivity index (χ4n) is 3.13. The van der Waals surface area contributed by atoms with Gasteiger partial charge in [0.2, 0.25) is 0 Å². The highest BCUT2D eigenvalue weighted by Crippen LogP contribution is 2.29. The van der Waals surface area contributed by atoms with Gasteiger partial charge in [-0.1, -0.05) is 41.9 Å². The fourth-order valence-corrected chi connectivity index (χ4v) is 5.06. The van der Waals surface area contributed by atoms with Gasteiger partial charge in [0.25, 0.3) is 10.0 Å². The maximum absolute atomic E-state index is 13.6. The van der Waals surface area contributed by atoms with Gasteiger partial charge in [-0.15, -0.1) is 0 Å². The summed E-state index contributed by atoms with van der Waals surface area (Å²) < 4.78 is 30.5. The molecule has 0 radical (unpaired) electrons. The van der Waals surface area contributed by atoms with Crippen molar-refractivity contribution in [3.05, 3.63) is 95.4 Å². The lowest BCUT2D eigenvalue weighted by atomic mass is 10.2. The summed E-state index contributed by atoms with van der Waals surface area (Å²) in [5.74, 6) is 0. The Labute approximate surface area is 168 Å². The summed E-state index contributed by atoms with van der Waals surface area (Å²) >= 11 is 6.10. The number of aromatic nitrogens is 2. The van der Waals surface area contributed by atoms with Crippen molar-refractivity contribution in [1.29, 1.82) is 0 Å². The molecule has 0 N–H and O–H groups in total. The van der Waals surface area contributed by atoms with E-state index >= 15 is 0 Å². The van der Waals surface area contributed by atoms with Crippen LogP contribution in [0.3, 0.4) is 0 Å². The van der Waals surface area contributed by atoms with Gasteiger partial charge in [-0.3, -0.25) is 4.31 Å². The van der Waals surface area contributed by atoms with Gasteiger partial charge >= 0.3 is 0 Å². The van der Waals surface area contributed by atoms with E-state index in [4.69, 9.17) is 11.6 Å². The lowest BCUT2D eigenvalue weighted by Gasteiger charge is -2.25. The zero-order chi connectivity index (χ0) is 19.7. The summed E-state index contributed by atoms with van der Waals surface area (Å²) in [5.41, 5.74) is 2.75. The Morgan fingerprint density at radius 2 is 1.79 bits per heavy atom. The highest BCUT2D eigenvalue weighted by atomic mass is 35.5. The van der Waals surface area contributed by atoms with Gasteiger partial charge in [0, 0.05) is 11.2 Å². The van der Waals surface area contributed by atoms with E-state index in [2.05, 4.69) is 4.98 Å². The van der Waals surface area contributed by atoms with Gasteiger partial charge in [0.1, 0.15) is 5.65 Å². The minimum Gasteiger partial charge on any atom is -0.302 e. The monoisotopic (exact) mass is 411 g/mol. The number of hydrogen-bond acceptors (Lipinski definition) is 3. The standard InChI is InChI=1S/C21H18ClN3O2S/c1-16-10-11-17(22)13-20(16)28(26,27)25(18-7-3-2-4-8-18)15-19-14-23-21-9-5-6-12-24(19)21/h2-14H,15H2,1H3. The number of hydrogen-bond donors (Lipinski definition) is 0. The van der Waals surface area contributed by atoms with Crippen LogP contribution in [0, 0.1) is 6.92 Å². The molecule has 0 unspecified atom stereocenters. The molecule has 4 aromatic rings. The highest BCUT2D eigenvalue weighted by molar-refractivity contribution is 7.92. The third kappa shape index (κ3) is 3.37. The van der Waals surface area contributed by atoms with Crippen molar-refractivity contribution in [3.8, 4) is 0 Å². The minimum atomic E-state index is -3.84. The first kappa shape index (κ1) is 18.5. The molecule has 0 saturated carbocycles. The average Bonchev–Trinajstić information content (AvgIpc) is 3.11. The maximum atomic E-state index is 13.6. The van der Waals surface area contributed by atoms with E-state index in [1.807, 2.05) is 47.0 Å². The molecule has 2 aromatic carbocycles. The largest absolute Gasteiger partial charge is 0.302 e. The number of halogens is 1. The highest BCUT2D eigenvalue weighted by Gasteiger charge is 2.28. The zero-order valence-corrected chi connectivity index (χ0v) is 16.7. The summed E-state index contributed by atoms with van der Waals surface area (Å²) in [7, 11) is -3.84. The molecule has 0 fully saturated rings.